The lowest BCUT2D eigenvalue weighted by molar-refractivity contribution is 0.473. The summed E-state index contributed by atoms with van der Waals surface area (Å²) in [6, 6.07) is 2.98. The molecule has 0 amide bonds. The second-order valence-corrected chi connectivity index (χ2v) is 3.17. The minimum atomic E-state index is 0.0723. The van der Waals surface area contributed by atoms with Crippen LogP contribution in [0.5, 0.6) is 11.5 Å². The topological polar surface area (TPSA) is 53.4 Å². The molecular weight excluding hydrogens is 186 g/mol. The zero-order valence-corrected chi connectivity index (χ0v) is 7.38. The van der Waals surface area contributed by atoms with Gasteiger partial charge in [0.05, 0.1) is 16.6 Å². The molecule has 2 heterocycles. The Bertz CT molecular complexity index is 425. The van der Waals surface area contributed by atoms with Gasteiger partial charge in [0, 0.05) is 17.6 Å². The maximum atomic E-state index is 9.33. The maximum Gasteiger partial charge on any atom is 0.144 e. The summed E-state index contributed by atoms with van der Waals surface area (Å²) in [4.78, 5) is 4.01. The van der Waals surface area contributed by atoms with Crippen LogP contribution >= 0.6 is 11.3 Å². The van der Waals surface area contributed by atoms with Gasteiger partial charge in [0.25, 0.3) is 0 Å². The monoisotopic (exact) mass is 192 g/mol. The van der Waals surface area contributed by atoms with Gasteiger partial charge in [-0.05, 0) is 6.07 Å². The Kier molecular flexibility index (Phi) is 1.90. The molecule has 13 heavy (non-hydrogen) atoms. The van der Waals surface area contributed by atoms with Gasteiger partial charge in [-0.2, -0.15) is 0 Å². The van der Waals surface area contributed by atoms with Crippen molar-refractivity contribution < 1.29 is 10.2 Å². The van der Waals surface area contributed by atoms with Gasteiger partial charge in [-0.25, -0.2) is 0 Å². The summed E-state index contributed by atoms with van der Waals surface area (Å²) in [5.74, 6) is 0.207. The third kappa shape index (κ3) is 1.48. The lowest BCUT2D eigenvalue weighted by Crippen LogP contribution is -1.79. The number of rotatable bonds is 1. The minimum absolute atomic E-state index is 0.0723. The molecule has 2 N–H and O–H groups in total. The number of nitrogens with zero attached hydrogens (tertiary/aromatic N) is 1. The van der Waals surface area contributed by atoms with Crippen LogP contribution in [-0.2, 0) is 0 Å². The van der Waals surface area contributed by atoms with Crippen LogP contribution in [0.2, 0.25) is 0 Å². The molecule has 0 aromatic carbocycles. The van der Waals surface area contributed by atoms with Crippen LogP contribution in [0.1, 0.15) is 0 Å². The molecule has 2 aromatic heterocycles. The molecule has 0 saturated heterocycles. The largest absolute Gasteiger partial charge is 0.508 e. The first kappa shape index (κ1) is 8.07. The summed E-state index contributed by atoms with van der Waals surface area (Å²) in [6.07, 6.45) is 1.49. The Morgan fingerprint density at radius 1 is 1.38 bits per heavy atom. The van der Waals surface area contributed by atoms with E-state index in [1.165, 1.54) is 29.7 Å². The average Bonchev–Trinajstić information content (AvgIpc) is 2.51. The van der Waals surface area contributed by atoms with E-state index < -0.39 is 0 Å². The molecule has 0 aliphatic carbocycles. The first-order valence-electron chi connectivity index (χ1n) is 3.61. The van der Waals surface area contributed by atoms with Gasteiger partial charge >= 0.3 is 0 Å². The minimum Gasteiger partial charge on any atom is -0.508 e. The first-order chi connectivity index (χ1) is 6.27. The first-order valence-corrected chi connectivity index (χ1v) is 4.49. The van der Waals surface area contributed by atoms with E-state index in [4.69, 9.17) is 0 Å². The van der Waals surface area contributed by atoms with Gasteiger partial charge in [-0.15, -0.1) is 11.3 Å². The molecule has 3 nitrogen and oxygen atoms in total. The molecule has 0 atom stereocenters. The van der Waals surface area contributed by atoms with Gasteiger partial charge in [-0.1, -0.05) is 0 Å². The summed E-state index contributed by atoms with van der Waals surface area (Å²) in [5.41, 5.74) is 1.15. The fraction of sp³-hybridized carbons (Fsp3) is 0. The predicted molar refractivity (Wildman–Crippen MR) is 49.7 cm³/mol. The SMILES string of the molecule is Oc1ccnc(-c2cs[c]c2O)c1. The van der Waals surface area contributed by atoms with E-state index in [0.29, 0.717) is 11.3 Å². The molecule has 0 unspecified atom stereocenters. The van der Waals surface area contributed by atoms with Crippen molar-refractivity contribution in [3.8, 4) is 22.8 Å². The van der Waals surface area contributed by atoms with Gasteiger partial charge in [0.2, 0.25) is 0 Å². The van der Waals surface area contributed by atoms with Crippen molar-refractivity contribution in [2.75, 3.05) is 0 Å². The Hall–Kier alpha value is -1.55. The van der Waals surface area contributed by atoms with Gasteiger partial charge in [-0.3, -0.25) is 4.98 Å². The van der Waals surface area contributed by atoms with Crippen LogP contribution in [0.25, 0.3) is 11.3 Å². The van der Waals surface area contributed by atoms with E-state index in [-0.39, 0.29) is 11.5 Å². The molecule has 0 aliphatic rings. The number of aromatic nitrogens is 1. The average molecular weight is 192 g/mol. The number of aromatic hydroxyl groups is 2. The molecule has 0 fully saturated rings. The zero-order valence-electron chi connectivity index (χ0n) is 6.56. The van der Waals surface area contributed by atoms with Crippen LogP contribution in [-0.4, -0.2) is 15.2 Å². The fourth-order valence-electron chi connectivity index (χ4n) is 1.00. The van der Waals surface area contributed by atoms with Crippen LogP contribution in [0.3, 0.4) is 0 Å². The molecule has 1 radical (unpaired) electrons. The predicted octanol–water partition coefficient (Wildman–Crippen LogP) is 2.02. The lowest BCUT2D eigenvalue weighted by Gasteiger charge is -1.98. The van der Waals surface area contributed by atoms with Crippen LogP contribution in [0, 0.1) is 5.38 Å². The summed E-state index contributed by atoms with van der Waals surface area (Å²) in [5, 5.41) is 22.9. The van der Waals surface area contributed by atoms with Gasteiger partial charge in [0.1, 0.15) is 11.5 Å². The van der Waals surface area contributed by atoms with E-state index in [2.05, 4.69) is 10.4 Å². The van der Waals surface area contributed by atoms with Crippen LogP contribution in [0.4, 0.5) is 0 Å². The highest BCUT2D eigenvalue weighted by Gasteiger charge is 2.06. The van der Waals surface area contributed by atoms with Crippen molar-refractivity contribution in [3.63, 3.8) is 0 Å². The molecular formula is C9H6NO2S. The van der Waals surface area contributed by atoms with Crippen molar-refractivity contribution in [2.45, 2.75) is 0 Å². The van der Waals surface area contributed by atoms with Crippen molar-refractivity contribution in [1.82, 2.24) is 4.98 Å². The lowest BCUT2D eigenvalue weighted by atomic mass is 10.2. The summed E-state index contributed by atoms with van der Waals surface area (Å²) in [6.45, 7) is 0. The number of thiophene rings is 1. The number of hydrogen-bond donors (Lipinski definition) is 2. The molecule has 2 aromatic rings. The summed E-state index contributed by atoms with van der Waals surface area (Å²) >= 11 is 1.27. The molecule has 4 heteroatoms. The highest BCUT2D eigenvalue weighted by Crippen LogP contribution is 2.31. The second kappa shape index (κ2) is 3.06. The normalized spacial score (nSPS) is 10.2. The van der Waals surface area contributed by atoms with Gasteiger partial charge in [0.15, 0.2) is 0 Å². The third-order valence-corrected chi connectivity index (χ3v) is 2.27. The van der Waals surface area contributed by atoms with E-state index >= 15 is 0 Å². The number of pyridine rings is 1. The Morgan fingerprint density at radius 3 is 2.85 bits per heavy atom. The van der Waals surface area contributed by atoms with E-state index in [9.17, 15) is 10.2 Å². The highest BCUT2D eigenvalue weighted by atomic mass is 32.1. The van der Waals surface area contributed by atoms with Crippen molar-refractivity contribution in [1.29, 1.82) is 0 Å². The van der Waals surface area contributed by atoms with E-state index in [0.717, 1.165) is 0 Å². The summed E-state index contributed by atoms with van der Waals surface area (Å²) in [7, 11) is 0. The van der Waals surface area contributed by atoms with Crippen molar-refractivity contribution in [3.05, 3.63) is 29.1 Å². The Morgan fingerprint density at radius 2 is 2.23 bits per heavy atom. The third-order valence-electron chi connectivity index (χ3n) is 1.61. The quantitative estimate of drug-likeness (QED) is 0.726. The molecule has 0 spiro atoms. The molecule has 0 bridgehead atoms. The highest BCUT2D eigenvalue weighted by molar-refractivity contribution is 7.08. The zero-order chi connectivity index (χ0) is 9.26. The molecule has 0 aliphatic heterocycles. The van der Waals surface area contributed by atoms with Gasteiger partial charge < -0.3 is 10.2 Å². The van der Waals surface area contributed by atoms with Crippen molar-refractivity contribution in [2.24, 2.45) is 0 Å². The van der Waals surface area contributed by atoms with E-state index in [1.807, 2.05) is 0 Å². The fourth-order valence-corrected chi connectivity index (χ4v) is 1.63. The second-order valence-electron chi connectivity index (χ2n) is 2.50. The standard InChI is InChI=1S/C9H6NO2S/c11-6-1-2-10-8(3-6)7-4-13-5-9(7)12/h1-4,12H,(H,10,11). The number of hydrogen-bond acceptors (Lipinski definition) is 4. The molecule has 2 rings (SSSR count). The summed E-state index contributed by atoms with van der Waals surface area (Å²) < 4.78 is 0. The molecule has 0 saturated carbocycles. The maximum absolute atomic E-state index is 9.33. The van der Waals surface area contributed by atoms with Crippen molar-refractivity contribution >= 4 is 11.3 Å². The Labute approximate surface area is 78.9 Å². The Balaban J connectivity index is 2.53. The smallest absolute Gasteiger partial charge is 0.144 e. The van der Waals surface area contributed by atoms with Crippen LogP contribution < -0.4 is 0 Å². The van der Waals surface area contributed by atoms with Crippen LogP contribution in [0.15, 0.2) is 23.7 Å². The molecule has 65 valence electrons. The van der Waals surface area contributed by atoms with E-state index in [1.54, 1.807) is 5.38 Å².